The van der Waals surface area contributed by atoms with E-state index in [2.05, 4.69) is 21.0 Å². The molecule has 0 unspecified atom stereocenters. The molecule has 1 fully saturated rings. The van der Waals surface area contributed by atoms with Crippen LogP contribution in [-0.2, 0) is 17.1 Å². The highest BCUT2D eigenvalue weighted by atomic mass is 79.9. The number of aryl methyl sites for hydroxylation is 1. The maximum atomic E-state index is 13.8. The standard InChI is InChI=1S/C15H16BrFN4O3S/c1-19-15(22)14(16)12(10-18-19)20-6-8-21(9-7-20)25(23,24)13-5-3-2-4-11(13)17/h2-5,10H,6-9H2,1H3. The van der Waals surface area contributed by atoms with Crippen molar-refractivity contribution in [3.8, 4) is 0 Å². The third kappa shape index (κ3) is 3.33. The minimum atomic E-state index is -3.88. The molecule has 0 amide bonds. The van der Waals surface area contributed by atoms with Crippen molar-refractivity contribution < 1.29 is 12.8 Å². The second-order valence-corrected chi connectivity index (χ2v) is 8.29. The monoisotopic (exact) mass is 430 g/mol. The first-order valence-electron chi connectivity index (χ1n) is 7.54. The van der Waals surface area contributed by atoms with Gasteiger partial charge in [0.25, 0.3) is 5.56 Å². The predicted octanol–water partition coefficient (Wildman–Crippen LogP) is 1.19. The van der Waals surface area contributed by atoms with Gasteiger partial charge in [0.15, 0.2) is 0 Å². The molecule has 1 saturated heterocycles. The summed E-state index contributed by atoms with van der Waals surface area (Å²) in [6, 6.07) is 5.34. The molecule has 0 aliphatic carbocycles. The normalized spacial score (nSPS) is 16.2. The van der Waals surface area contributed by atoms with Gasteiger partial charge in [-0.25, -0.2) is 17.5 Å². The van der Waals surface area contributed by atoms with Crippen LogP contribution >= 0.6 is 15.9 Å². The van der Waals surface area contributed by atoms with Gasteiger partial charge in [-0.1, -0.05) is 12.1 Å². The Kier molecular flexibility index (Phi) is 4.94. The van der Waals surface area contributed by atoms with Gasteiger partial charge in [-0.2, -0.15) is 9.40 Å². The van der Waals surface area contributed by atoms with E-state index < -0.39 is 15.8 Å². The third-order valence-corrected chi connectivity index (χ3v) is 6.77. The molecule has 0 atom stereocenters. The highest BCUT2D eigenvalue weighted by molar-refractivity contribution is 9.10. The summed E-state index contributed by atoms with van der Waals surface area (Å²) in [7, 11) is -2.33. The number of hydrogen-bond donors (Lipinski definition) is 0. The topological polar surface area (TPSA) is 75.5 Å². The van der Waals surface area contributed by atoms with E-state index >= 15 is 0 Å². The molecule has 0 bridgehead atoms. The molecule has 0 spiro atoms. The van der Waals surface area contributed by atoms with Crippen LogP contribution in [0.1, 0.15) is 0 Å². The van der Waals surface area contributed by atoms with Crippen LogP contribution in [0.5, 0.6) is 0 Å². The fraction of sp³-hybridized carbons (Fsp3) is 0.333. The second-order valence-electron chi connectivity index (χ2n) is 5.59. The summed E-state index contributed by atoms with van der Waals surface area (Å²) in [4.78, 5) is 13.5. The lowest BCUT2D eigenvalue weighted by Gasteiger charge is -2.35. The highest BCUT2D eigenvalue weighted by Crippen LogP contribution is 2.25. The van der Waals surface area contributed by atoms with Gasteiger partial charge >= 0.3 is 0 Å². The average molecular weight is 431 g/mol. The number of aromatic nitrogens is 2. The summed E-state index contributed by atoms with van der Waals surface area (Å²) < 4.78 is 41.9. The molecular formula is C15H16BrFN4O3S. The van der Waals surface area contributed by atoms with Crippen molar-refractivity contribution in [1.29, 1.82) is 0 Å². The lowest BCUT2D eigenvalue weighted by Crippen LogP contribution is -2.49. The Morgan fingerprint density at radius 3 is 2.44 bits per heavy atom. The molecule has 0 saturated carbocycles. The molecular weight excluding hydrogens is 415 g/mol. The summed E-state index contributed by atoms with van der Waals surface area (Å²) >= 11 is 3.27. The molecule has 2 aromatic rings. The fourth-order valence-corrected chi connectivity index (χ4v) is 4.78. The first-order chi connectivity index (χ1) is 11.8. The van der Waals surface area contributed by atoms with Crippen molar-refractivity contribution in [3.63, 3.8) is 0 Å². The molecule has 25 heavy (non-hydrogen) atoms. The summed E-state index contributed by atoms with van der Waals surface area (Å²) in [5, 5.41) is 3.99. The lowest BCUT2D eigenvalue weighted by atomic mass is 10.3. The Balaban J connectivity index is 1.80. The van der Waals surface area contributed by atoms with Crippen molar-refractivity contribution in [2.24, 2.45) is 7.05 Å². The maximum absolute atomic E-state index is 13.8. The number of benzene rings is 1. The maximum Gasteiger partial charge on any atom is 0.282 e. The summed E-state index contributed by atoms with van der Waals surface area (Å²) in [6.07, 6.45) is 1.56. The van der Waals surface area contributed by atoms with E-state index in [1.165, 1.54) is 27.2 Å². The van der Waals surface area contributed by atoms with Crippen LogP contribution in [0.4, 0.5) is 10.1 Å². The Bertz CT molecular complexity index is 955. The minimum absolute atomic E-state index is 0.193. The van der Waals surface area contributed by atoms with Crippen LogP contribution in [0.15, 0.2) is 44.6 Å². The van der Waals surface area contributed by atoms with Gasteiger partial charge in [-0.15, -0.1) is 0 Å². The van der Waals surface area contributed by atoms with Crippen LogP contribution in [0.3, 0.4) is 0 Å². The van der Waals surface area contributed by atoms with Gasteiger partial charge in [0.1, 0.15) is 15.2 Å². The molecule has 1 aliphatic heterocycles. The molecule has 1 aromatic heterocycles. The van der Waals surface area contributed by atoms with Gasteiger partial charge in [-0.05, 0) is 28.1 Å². The van der Waals surface area contributed by atoms with Crippen molar-refractivity contribution in [1.82, 2.24) is 14.1 Å². The number of nitrogens with zero attached hydrogens (tertiary/aromatic N) is 4. The van der Waals surface area contributed by atoms with Gasteiger partial charge < -0.3 is 4.90 Å². The summed E-state index contributed by atoms with van der Waals surface area (Å²) in [6.45, 7) is 1.14. The van der Waals surface area contributed by atoms with Gasteiger partial charge in [0, 0.05) is 33.2 Å². The highest BCUT2D eigenvalue weighted by Gasteiger charge is 2.31. The Labute approximate surface area is 152 Å². The Morgan fingerprint density at radius 2 is 1.80 bits per heavy atom. The van der Waals surface area contributed by atoms with Crippen LogP contribution in [-0.4, -0.2) is 48.7 Å². The quantitative estimate of drug-likeness (QED) is 0.730. The number of piperazine rings is 1. The number of sulfonamides is 1. The molecule has 0 N–H and O–H groups in total. The van der Waals surface area contributed by atoms with E-state index in [0.717, 1.165) is 6.07 Å². The second kappa shape index (κ2) is 6.85. The van der Waals surface area contributed by atoms with Crippen molar-refractivity contribution in [2.75, 3.05) is 31.1 Å². The number of hydrogen-bond acceptors (Lipinski definition) is 5. The average Bonchev–Trinajstić information content (AvgIpc) is 2.60. The first-order valence-corrected chi connectivity index (χ1v) is 9.77. The number of halogens is 2. The molecule has 10 heteroatoms. The first kappa shape index (κ1) is 18.0. The smallest absolute Gasteiger partial charge is 0.282 e. The van der Waals surface area contributed by atoms with Crippen molar-refractivity contribution in [2.45, 2.75) is 4.90 Å². The zero-order valence-electron chi connectivity index (χ0n) is 13.4. The predicted molar refractivity (Wildman–Crippen MR) is 94.5 cm³/mol. The van der Waals surface area contributed by atoms with Crippen LogP contribution in [0.2, 0.25) is 0 Å². The van der Waals surface area contributed by atoms with Crippen molar-refractivity contribution in [3.05, 3.63) is 51.1 Å². The fourth-order valence-electron chi connectivity index (χ4n) is 2.68. The molecule has 0 radical (unpaired) electrons. The Morgan fingerprint density at radius 1 is 1.16 bits per heavy atom. The molecule has 134 valence electrons. The van der Waals surface area contributed by atoms with Gasteiger partial charge in [0.2, 0.25) is 10.0 Å². The van der Waals surface area contributed by atoms with Crippen LogP contribution in [0, 0.1) is 5.82 Å². The molecule has 1 aromatic carbocycles. The Hall–Kier alpha value is -1.78. The van der Waals surface area contributed by atoms with E-state index in [9.17, 15) is 17.6 Å². The molecule has 2 heterocycles. The molecule has 1 aliphatic rings. The van der Waals surface area contributed by atoms with Crippen LogP contribution < -0.4 is 10.5 Å². The van der Waals surface area contributed by atoms with E-state index in [4.69, 9.17) is 0 Å². The van der Waals surface area contributed by atoms with E-state index in [1.54, 1.807) is 13.2 Å². The lowest BCUT2D eigenvalue weighted by molar-refractivity contribution is 0.382. The third-order valence-electron chi connectivity index (χ3n) is 4.09. The van der Waals surface area contributed by atoms with Crippen molar-refractivity contribution >= 4 is 31.6 Å². The molecule has 3 rings (SSSR count). The largest absolute Gasteiger partial charge is 0.367 e. The SMILES string of the molecule is Cn1ncc(N2CCN(S(=O)(=O)c3ccccc3F)CC2)c(Br)c1=O. The zero-order chi connectivity index (χ0) is 18.2. The van der Waals surface area contributed by atoms with E-state index in [0.29, 0.717) is 23.2 Å². The van der Waals surface area contributed by atoms with Gasteiger partial charge in [0.05, 0.1) is 11.9 Å². The minimum Gasteiger partial charge on any atom is -0.367 e. The van der Waals surface area contributed by atoms with E-state index in [-0.39, 0.29) is 23.5 Å². The van der Waals surface area contributed by atoms with Crippen LogP contribution in [0.25, 0.3) is 0 Å². The summed E-state index contributed by atoms with van der Waals surface area (Å²) in [5.74, 6) is -0.761. The number of rotatable bonds is 3. The van der Waals surface area contributed by atoms with Gasteiger partial charge in [-0.3, -0.25) is 4.79 Å². The summed E-state index contributed by atoms with van der Waals surface area (Å²) in [5.41, 5.74) is 0.352. The zero-order valence-corrected chi connectivity index (χ0v) is 15.8. The van der Waals surface area contributed by atoms with E-state index in [1.807, 2.05) is 4.90 Å². The number of anilines is 1. The molecule has 7 nitrogen and oxygen atoms in total.